The molecule has 1 aliphatic heterocycles. The van der Waals surface area contributed by atoms with Gasteiger partial charge in [0.05, 0.1) is 25.2 Å². The van der Waals surface area contributed by atoms with Crippen LogP contribution in [0.15, 0.2) is 75.5 Å². The summed E-state index contributed by atoms with van der Waals surface area (Å²) in [7, 11) is 3.15. The molecule has 0 amide bonds. The Bertz CT molecular complexity index is 1920. The van der Waals surface area contributed by atoms with Crippen molar-refractivity contribution in [3.8, 4) is 28.7 Å². The van der Waals surface area contributed by atoms with E-state index in [0.717, 1.165) is 17.2 Å². The maximum atomic E-state index is 14.5. The van der Waals surface area contributed by atoms with E-state index >= 15 is 0 Å². The van der Waals surface area contributed by atoms with Gasteiger partial charge in [-0.2, -0.15) is 0 Å². The van der Waals surface area contributed by atoms with Crippen LogP contribution in [-0.2, 0) is 17.8 Å². The second-order valence-corrected chi connectivity index (χ2v) is 11.4. The van der Waals surface area contributed by atoms with Crippen LogP contribution in [0.3, 0.4) is 0 Å². The van der Waals surface area contributed by atoms with Crippen LogP contribution in [0.4, 0.5) is 0 Å². The summed E-state index contributed by atoms with van der Waals surface area (Å²) in [5.41, 5.74) is 2.76. The largest absolute Gasteiger partial charge is 0.497 e. The first-order valence-corrected chi connectivity index (χ1v) is 14.5. The smallest absolute Gasteiger partial charge is 0.328 e. The number of fused-ring (bicyclic) bond motifs is 3. The summed E-state index contributed by atoms with van der Waals surface area (Å²) in [4.78, 5) is 25.6. The van der Waals surface area contributed by atoms with E-state index in [0.29, 0.717) is 51.5 Å². The highest BCUT2D eigenvalue weighted by Gasteiger charge is 2.29. The molecule has 0 saturated carbocycles. The first kappa shape index (κ1) is 31.3. The van der Waals surface area contributed by atoms with Crippen molar-refractivity contribution >= 4 is 34.0 Å². The molecule has 5 rings (SSSR count). The van der Waals surface area contributed by atoms with Crippen molar-refractivity contribution in [3.05, 3.63) is 93.2 Å². The molecule has 0 aliphatic carbocycles. The number of carboxylic acids is 1. The number of carbonyl (C=O) groups is 1. The standard InChI is InChI=1S/C36H36O9/c1-21(2)12-13-25-31-27(19-29(34(25)41-6)43-20-22-9-7-10-23(17-22)40-5)44-28-18-26-24(14-15-36(3,4)45-26)35(32(28)33(31)39)42-16-8-11-30(37)38/h7-12,14-15,17-19H,13,16,20H2,1-6H3,(H,37,38)/b11-8+. The minimum absolute atomic E-state index is 0.0858. The van der Waals surface area contributed by atoms with Gasteiger partial charge in [0, 0.05) is 23.8 Å². The number of allylic oxidation sites excluding steroid dienone is 2. The van der Waals surface area contributed by atoms with Crippen LogP contribution in [0.5, 0.6) is 28.7 Å². The van der Waals surface area contributed by atoms with E-state index in [4.69, 9.17) is 33.2 Å². The van der Waals surface area contributed by atoms with Crippen LogP contribution in [0.2, 0.25) is 0 Å². The SMILES string of the molecule is COc1cccc(COc2cc3oc4cc5c(c(OC/C=C/C(=O)O)c4c(=O)c3c(CC=C(C)C)c2OC)C=CC(C)(C)O5)c1. The predicted molar refractivity (Wildman–Crippen MR) is 173 cm³/mol. The van der Waals surface area contributed by atoms with Crippen molar-refractivity contribution < 1.29 is 38.0 Å². The summed E-state index contributed by atoms with van der Waals surface area (Å²) in [6.07, 6.45) is 8.46. The van der Waals surface area contributed by atoms with Gasteiger partial charge in [-0.25, -0.2) is 4.79 Å². The maximum absolute atomic E-state index is 14.5. The molecule has 9 heteroatoms. The summed E-state index contributed by atoms with van der Waals surface area (Å²) in [5, 5.41) is 9.58. The molecule has 234 valence electrons. The van der Waals surface area contributed by atoms with Crippen molar-refractivity contribution in [3.63, 3.8) is 0 Å². The van der Waals surface area contributed by atoms with Gasteiger partial charge in [-0.05, 0) is 70.0 Å². The fourth-order valence-electron chi connectivity index (χ4n) is 5.19. The molecule has 9 nitrogen and oxygen atoms in total. The Morgan fingerprint density at radius 1 is 1.00 bits per heavy atom. The van der Waals surface area contributed by atoms with Gasteiger partial charge < -0.3 is 33.2 Å². The molecule has 1 aliphatic rings. The number of ether oxygens (including phenoxy) is 5. The van der Waals surface area contributed by atoms with Gasteiger partial charge in [0.2, 0.25) is 5.43 Å². The van der Waals surface area contributed by atoms with E-state index in [-0.39, 0.29) is 35.4 Å². The second-order valence-electron chi connectivity index (χ2n) is 11.4. The maximum Gasteiger partial charge on any atom is 0.328 e. The highest BCUT2D eigenvalue weighted by Crippen LogP contribution is 2.44. The molecule has 1 aromatic heterocycles. The van der Waals surface area contributed by atoms with Crippen molar-refractivity contribution in [2.45, 2.75) is 46.3 Å². The van der Waals surface area contributed by atoms with Crippen LogP contribution < -0.4 is 29.1 Å². The Morgan fingerprint density at radius 2 is 1.78 bits per heavy atom. The third-order valence-corrected chi connectivity index (χ3v) is 7.28. The first-order valence-electron chi connectivity index (χ1n) is 14.5. The molecule has 0 spiro atoms. The molecule has 0 saturated heterocycles. The summed E-state index contributed by atoms with van der Waals surface area (Å²) in [6, 6.07) is 10.9. The predicted octanol–water partition coefficient (Wildman–Crippen LogP) is 7.25. The molecular formula is C36H36O9. The molecule has 45 heavy (non-hydrogen) atoms. The Labute approximate surface area is 260 Å². The lowest BCUT2D eigenvalue weighted by Crippen LogP contribution is -2.27. The van der Waals surface area contributed by atoms with E-state index in [9.17, 15) is 9.59 Å². The van der Waals surface area contributed by atoms with Crippen LogP contribution in [0.1, 0.15) is 44.4 Å². The molecule has 2 heterocycles. The number of methoxy groups -OCH3 is 2. The molecular weight excluding hydrogens is 576 g/mol. The third-order valence-electron chi connectivity index (χ3n) is 7.28. The topological polar surface area (TPSA) is 114 Å². The summed E-state index contributed by atoms with van der Waals surface area (Å²) < 4.78 is 36.2. The van der Waals surface area contributed by atoms with Crippen LogP contribution >= 0.6 is 0 Å². The van der Waals surface area contributed by atoms with Gasteiger partial charge in [0.25, 0.3) is 0 Å². The number of carboxylic acid groups (broad SMARTS) is 1. The number of aliphatic carboxylic acids is 1. The minimum atomic E-state index is -1.10. The Kier molecular flexibility index (Phi) is 8.90. The summed E-state index contributed by atoms with van der Waals surface area (Å²) in [6.45, 7) is 7.92. The lowest BCUT2D eigenvalue weighted by molar-refractivity contribution is -0.131. The molecule has 0 fully saturated rings. The monoisotopic (exact) mass is 612 g/mol. The summed E-state index contributed by atoms with van der Waals surface area (Å²) in [5.74, 6) is 1.16. The first-order chi connectivity index (χ1) is 21.5. The van der Waals surface area contributed by atoms with Gasteiger partial charge in [-0.1, -0.05) is 23.8 Å². The van der Waals surface area contributed by atoms with Gasteiger partial charge in [-0.3, -0.25) is 4.79 Å². The lowest BCUT2D eigenvalue weighted by atomic mass is 9.97. The fraction of sp³-hybridized carbons (Fsp3) is 0.278. The van der Waals surface area contributed by atoms with E-state index < -0.39 is 11.6 Å². The van der Waals surface area contributed by atoms with Crippen LogP contribution in [0, 0.1) is 0 Å². The van der Waals surface area contributed by atoms with Gasteiger partial charge in [0.15, 0.2) is 11.5 Å². The summed E-state index contributed by atoms with van der Waals surface area (Å²) >= 11 is 0. The van der Waals surface area contributed by atoms with Gasteiger partial charge in [0.1, 0.15) is 52.6 Å². The van der Waals surface area contributed by atoms with E-state index in [1.54, 1.807) is 19.2 Å². The van der Waals surface area contributed by atoms with Crippen molar-refractivity contribution in [1.82, 2.24) is 0 Å². The number of hydrogen-bond acceptors (Lipinski definition) is 8. The zero-order valence-corrected chi connectivity index (χ0v) is 26.2. The average Bonchev–Trinajstić information content (AvgIpc) is 2.99. The zero-order chi connectivity index (χ0) is 32.3. The van der Waals surface area contributed by atoms with Crippen molar-refractivity contribution in [1.29, 1.82) is 0 Å². The van der Waals surface area contributed by atoms with E-state index in [2.05, 4.69) is 0 Å². The molecule has 0 unspecified atom stereocenters. The second kappa shape index (κ2) is 12.8. The lowest BCUT2D eigenvalue weighted by Gasteiger charge is -2.29. The van der Waals surface area contributed by atoms with E-state index in [1.807, 2.05) is 70.2 Å². The molecule has 3 aromatic carbocycles. The Morgan fingerprint density at radius 3 is 2.49 bits per heavy atom. The Hall–Kier alpha value is -5.18. The van der Waals surface area contributed by atoms with Gasteiger partial charge in [-0.15, -0.1) is 0 Å². The molecule has 0 bridgehead atoms. The molecule has 0 radical (unpaired) electrons. The molecule has 0 atom stereocenters. The zero-order valence-electron chi connectivity index (χ0n) is 26.2. The van der Waals surface area contributed by atoms with Crippen LogP contribution in [-0.4, -0.2) is 37.5 Å². The molecule has 1 N–H and O–H groups in total. The molecule has 4 aromatic rings. The number of benzene rings is 3. The highest BCUT2D eigenvalue weighted by atomic mass is 16.5. The number of hydrogen-bond donors (Lipinski definition) is 1. The fourth-order valence-corrected chi connectivity index (χ4v) is 5.19. The van der Waals surface area contributed by atoms with Crippen molar-refractivity contribution in [2.24, 2.45) is 0 Å². The van der Waals surface area contributed by atoms with Crippen LogP contribution in [0.25, 0.3) is 28.0 Å². The quantitative estimate of drug-likeness (QED) is 0.106. The third kappa shape index (κ3) is 6.67. The van der Waals surface area contributed by atoms with E-state index in [1.165, 1.54) is 13.2 Å². The average molecular weight is 613 g/mol. The van der Waals surface area contributed by atoms with Gasteiger partial charge >= 0.3 is 5.97 Å². The minimum Gasteiger partial charge on any atom is -0.497 e. The highest BCUT2D eigenvalue weighted by molar-refractivity contribution is 5.99. The van der Waals surface area contributed by atoms with Crippen molar-refractivity contribution in [2.75, 3.05) is 20.8 Å². The Balaban J connectivity index is 1.75. The number of rotatable bonds is 11. The normalized spacial score (nSPS) is 13.4.